The largest absolute Gasteiger partial charge is 0.481 e. The normalized spacial score (nSPS) is 18.4. The van der Waals surface area contributed by atoms with E-state index < -0.39 is 47.4 Å². The molecule has 2 unspecified atom stereocenters. The van der Waals surface area contributed by atoms with E-state index in [9.17, 15) is 24.3 Å². The highest BCUT2D eigenvalue weighted by atomic mass is 16.5. The van der Waals surface area contributed by atoms with E-state index in [-0.39, 0.29) is 38.3 Å². The molecule has 220 valence electrons. The molecule has 0 aliphatic carbocycles. The van der Waals surface area contributed by atoms with Crippen LogP contribution in [0.25, 0.3) is 0 Å². The molecule has 0 aromatic heterocycles. The predicted molar refractivity (Wildman–Crippen MR) is 150 cm³/mol. The SMILES string of the molecule is C#Cc1ccc(C(COC)NC(=O)[C@@H]2C[C@@H](O)CN2C(=O)C(NC(=O)CCCCCCC(=O)O)C(C)(C)C)cc1. The number of nitrogens with zero attached hydrogens (tertiary/aromatic N) is 1. The van der Waals surface area contributed by atoms with Gasteiger partial charge in [0.2, 0.25) is 17.7 Å². The Hall–Kier alpha value is -3.42. The van der Waals surface area contributed by atoms with Crippen LogP contribution in [-0.2, 0) is 23.9 Å². The lowest BCUT2D eigenvalue weighted by molar-refractivity contribution is -0.144. The third kappa shape index (κ3) is 9.96. The van der Waals surface area contributed by atoms with Crippen molar-refractivity contribution in [1.82, 2.24) is 15.5 Å². The van der Waals surface area contributed by atoms with Crippen LogP contribution in [0.4, 0.5) is 0 Å². The number of carbonyl (C=O) groups excluding carboxylic acids is 3. The Morgan fingerprint density at radius 2 is 1.70 bits per heavy atom. The van der Waals surface area contributed by atoms with Gasteiger partial charge in [-0.1, -0.05) is 51.7 Å². The van der Waals surface area contributed by atoms with Gasteiger partial charge in [0, 0.05) is 38.5 Å². The average Bonchev–Trinajstić information content (AvgIpc) is 3.29. The number of aliphatic hydroxyl groups excluding tert-OH is 1. The zero-order valence-electron chi connectivity index (χ0n) is 23.9. The fourth-order valence-corrected chi connectivity index (χ4v) is 4.74. The number of hydrogen-bond acceptors (Lipinski definition) is 6. The Balaban J connectivity index is 2.09. The van der Waals surface area contributed by atoms with Crippen LogP contribution in [-0.4, -0.2) is 77.3 Å². The number of rotatable bonds is 14. The summed E-state index contributed by atoms with van der Waals surface area (Å²) in [6.45, 7) is 5.67. The zero-order chi connectivity index (χ0) is 29.9. The summed E-state index contributed by atoms with van der Waals surface area (Å²) in [6, 6.07) is 4.85. The Morgan fingerprint density at radius 3 is 2.25 bits per heavy atom. The van der Waals surface area contributed by atoms with Crippen molar-refractivity contribution >= 4 is 23.7 Å². The molecule has 0 saturated carbocycles. The lowest BCUT2D eigenvalue weighted by Crippen LogP contribution is -2.58. The number of methoxy groups -OCH3 is 1. The summed E-state index contributed by atoms with van der Waals surface area (Å²) in [7, 11) is 1.52. The number of likely N-dealkylation sites (tertiary alicyclic amines) is 1. The quantitative estimate of drug-likeness (QED) is 0.203. The van der Waals surface area contributed by atoms with E-state index in [1.165, 1.54) is 12.0 Å². The van der Waals surface area contributed by atoms with E-state index >= 15 is 0 Å². The molecule has 3 amide bonds. The molecule has 4 N–H and O–H groups in total. The molecule has 2 rings (SSSR count). The van der Waals surface area contributed by atoms with Crippen LogP contribution in [0.3, 0.4) is 0 Å². The fraction of sp³-hybridized carbons (Fsp3) is 0.600. The van der Waals surface area contributed by atoms with E-state index in [1.54, 1.807) is 12.1 Å². The maximum atomic E-state index is 13.7. The molecular weight excluding hydrogens is 514 g/mol. The van der Waals surface area contributed by atoms with Crippen molar-refractivity contribution < 1.29 is 34.1 Å². The number of terminal acetylenes is 1. The van der Waals surface area contributed by atoms with Crippen molar-refractivity contribution in [3.8, 4) is 12.3 Å². The molecule has 1 fully saturated rings. The van der Waals surface area contributed by atoms with Crippen LogP contribution in [0.2, 0.25) is 0 Å². The van der Waals surface area contributed by atoms with Gasteiger partial charge < -0.3 is 30.5 Å². The summed E-state index contributed by atoms with van der Waals surface area (Å²) in [5.41, 5.74) is 0.837. The minimum atomic E-state index is -0.914. The molecule has 1 heterocycles. The molecule has 10 nitrogen and oxygen atoms in total. The first-order chi connectivity index (χ1) is 18.9. The van der Waals surface area contributed by atoms with E-state index in [2.05, 4.69) is 16.6 Å². The molecule has 0 radical (unpaired) electrons. The number of nitrogens with one attached hydrogen (secondary N) is 2. The molecule has 1 aromatic rings. The second-order valence-corrected chi connectivity index (χ2v) is 11.4. The van der Waals surface area contributed by atoms with E-state index in [0.29, 0.717) is 31.2 Å². The van der Waals surface area contributed by atoms with Gasteiger partial charge in [-0.25, -0.2) is 0 Å². The third-order valence-corrected chi connectivity index (χ3v) is 6.96. The average molecular weight is 558 g/mol. The maximum Gasteiger partial charge on any atom is 0.303 e. The summed E-state index contributed by atoms with van der Waals surface area (Å²) < 4.78 is 5.31. The van der Waals surface area contributed by atoms with Crippen molar-refractivity contribution in [2.24, 2.45) is 5.41 Å². The molecular formula is C30H43N3O7. The van der Waals surface area contributed by atoms with Crippen molar-refractivity contribution in [3.63, 3.8) is 0 Å². The number of carboxylic acids is 1. The number of hydrogen-bond donors (Lipinski definition) is 4. The van der Waals surface area contributed by atoms with Crippen LogP contribution >= 0.6 is 0 Å². The first-order valence-corrected chi connectivity index (χ1v) is 13.7. The Labute approximate surface area is 236 Å². The lowest BCUT2D eigenvalue weighted by atomic mass is 9.85. The highest BCUT2D eigenvalue weighted by Gasteiger charge is 2.44. The van der Waals surface area contributed by atoms with Gasteiger partial charge in [-0.3, -0.25) is 19.2 Å². The molecule has 0 spiro atoms. The predicted octanol–water partition coefficient (Wildman–Crippen LogP) is 2.39. The number of carbonyl (C=O) groups is 4. The van der Waals surface area contributed by atoms with Crippen LogP contribution in [0.15, 0.2) is 24.3 Å². The van der Waals surface area contributed by atoms with Gasteiger partial charge in [0.1, 0.15) is 12.1 Å². The fourth-order valence-electron chi connectivity index (χ4n) is 4.74. The number of benzene rings is 1. The minimum Gasteiger partial charge on any atom is -0.481 e. The Morgan fingerprint density at radius 1 is 1.07 bits per heavy atom. The number of amides is 3. The third-order valence-electron chi connectivity index (χ3n) is 6.96. The molecule has 0 bridgehead atoms. The topological polar surface area (TPSA) is 145 Å². The maximum absolute atomic E-state index is 13.7. The van der Waals surface area contributed by atoms with E-state index in [4.69, 9.17) is 16.3 Å². The molecule has 1 aliphatic heterocycles. The van der Waals surface area contributed by atoms with Crippen LogP contribution in [0.1, 0.15) is 82.9 Å². The minimum absolute atomic E-state index is 0.0191. The first kappa shape index (κ1) is 32.8. The van der Waals surface area contributed by atoms with Gasteiger partial charge >= 0.3 is 5.97 Å². The molecule has 4 atom stereocenters. The highest BCUT2D eigenvalue weighted by Crippen LogP contribution is 2.27. The van der Waals surface area contributed by atoms with Gasteiger partial charge in [0.15, 0.2) is 0 Å². The van der Waals surface area contributed by atoms with E-state index in [1.807, 2.05) is 32.9 Å². The zero-order valence-corrected chi connectivity index (χ0v) is 23.9. The molecule has 1 saturated heterocycles. The smallest absolute Gasteiger partial charge is 0.303 e. The first-order valence-electron chi connectivity index (χ1n) is 13.7. The summed E-state index contributed by atoms with van der Waals surface area (Å²) in [4.78, 5) is 51.9. The molecule has 1 aromatic carbocycles. The number of ether oxygens (including phenoxy) is 1. The second kappa shape index (κ2) is 15.4. The summed E-state index contributed by atoms with van der Waals surface area (Å²) in [6.07, 6.45) is 7.51. The summed E-state index contributed by atoms with van der Waals surface area (Å²) >= 11 is 0. The van der Waals surface area contributed by atoms with Crippen molar-refractivity contribution in [2.75, 3.05) is 20.3 Å². The van der Waals surface area contributed by atoms with Gasteiger partial charge in [-0.2, -0.15) is 0 Å². The van der Waals surface area contributed by atoms with Crippen LogP contribution < -0.4 is 10.6 Å². The summed E-state index contributed by atoms with van der Waals surface area (Å²) in [5, 5.41) is 24.9. The monoisotopic (exact) mass is 557 g/mol. The van der Waals surface area contributed by atoms with Crippen molar-refractivity contribution in [1.29, 1.82) is 0 Å². The van der Waals surface area contributed by atoms with Gasteiger partial charge in [-0.15, -0.1) is 6.42 Å². The number of unbranched alkanes of at least 4 members (excludes halogenated alkanes) is 3. The Kier molecular flexibility index (Phi) is 12.6. The number of aliphatic hydroxyl groups is 1. The van der Waals surface area contributed by atoms with Crippen molar-refractivity contribution in [3.05, 3.63) is 35.4 Å². The summed E-state index contributed by atoms with van der Waals surface area (Å²) in [5.74, 6) is 0.574. The number of carboxylic acid groups (broad SMARTS) is 1. The number of aliphatic carboxylic acids is 1. The van der Waals surface area contributed by atoms with Crippen LogP contribution in [0.5, 0.6) is 0 Å². The Bertz CT molecular complexity index is 1060. The molecule has 1 aliphatic rings. The number of β-amino-alcohol motifs (C(OH)–C–C–N with tert-alkyl or cyclic N) is 1. The van der Waals surface area contributed by atoms with Crippen molar-refractivity contribution in [2.45, 2.75) is 89.9 Å². The highest BCUT2D eigenvalue weighted by molar-refractivity contribution is 5.93. The lowest BCUT2D eigenvalue weighted by Gasteiger charge is -2.35. The van der Waals surface area contributed by atoms with E-state index in [0.717, 1.165) is 5.56 Å². The molecule has 10 heteroatoms. The van der Waals surface area contributed by atoms with Gasteiger partial charge in [0.25, 0.3) is 0 Å². The molecule has 40 heavy (non-hydrogen) atoms. The van der Waals surface area contributed by atoms with Gasteiger partial charge in [0.05, 0.1) is 18.8 Å². The standard InChI is InChI=1S/C30H43N3O7/c1-6-20-13-15-21(16-14-20)23(19-40-5)31-28(38)24-17-22(34)18-33(24)29(39)27(30(2,3)4)32-25(35)11-9-7-8-10-12-26(36)37/h1,13-16,22-24,27,34H,7-12,17-19H2,2-5H3,(H,31,38)(H,32,35)(H,36,37)/t22-,23?,24+,27?/m1/s1. The van der Waals surface area contributed by atoms with Gasteiger partial charge in [-0.05, 0) is 36.0 Å². The second-order valence-electron chi connectivity index (χ2n) is 11.4. The van der Waals surface area contributed by atoms with Crippen LogP contribution in [0, 0.1) is 17.8 Å².